The van der Waals surface area contributed by atoms with E-state index in [-0.39, 0.29) is 10.6 Å². The maximum atomic E-state index is 13.7. The van der Waals surface area contributed by atoms with Crippen molar-refractivity contribution < 1.29 is 9.13 Å². The van der Waals surface area contributed by atoms with Gasteiger partial charge in [0.25, 0.3) is 0 Å². The van der Waals surface area contributed by atoms with Crippen LogP contribution in [0.2, 0.25) is 0 Å². The molecule has 0 radical (unpaired) electrons. The number of hydrogen-bond acceptors (Lipinski definition) is 3. The van der Waals surface area contributed by atoms with Gasteiger partial charge in [-0.05, 0) is 29.8 Å². The van der Waals surface area contributed by atoms with E-state index in [4.69, 9.17) is 22.7 Å². The minimum absolute atomic E-state index is 0.0382. The molecule has 2 aromatic carbocycles. The highest BCUT2D eigenvalue weighted by molar-refractivity contribution is 7.80. The number of nitrogens with two attached hydrogens (primary N) is 1. The summed E-state index contributed by atoms with van der Waals surface area (Å²) in [6, 6.07) is 12.3. The molecule has 0 atom stereocenters. The van der Waals surface area contributed by atoms with Crippen LogP contribution in [0, 0.1) is 5.82 Å². The molecule has 0 amide bonds. The molecule has 3 N–H and O–H groups in total. The number of nitrogens with one attached hydrogen (secondary N) is 1. The quantitative estimate of drug-likeness (QED) is 0.831. The Hall–Kier alpha value is -2.14. The van der Waals surface area contributed by atoms with E-state index in [9.17, 15) is 4.39 Å². The molecule has 104 valence electrons. The fourth-order valence-electron chi connectivity index (χ4n) is 1.90. The van der Waals surface area contributed by atoms with Gasteiger partial charge in [0.2, 0.25) is 0 Å². The summed E-state index contributed by atoms with van der Waals surface area (Å²) in [5.74, 6) is 0.353. The lowest BCUT2D eigenvalue weighted by Gasteiger charge is -2.12. The van der Waals surface area contributed by atoms with E-state index >= 15 is 0 Å². The second-order valence-electron chi connectivity index (χ2n) is 4.23. The molecule has 0 aliphatic rings. The molecule has 0 saturated carbocycles. The van der Waals surface area contributed by atoms with Gasteiger partial charge < -0.3 is 15.8 Å². The van der Waals surface area contributed by atoms with Crippen LogP contribution in [0.5, 0.6) is 5.75 Å². The molecule has 0 bridgehead atoms. The van der Waals surface area contributed by atoms with Gasteiger partial charge in [0.1, 0.15) is 16.6 Å². The molecule has 2 aromatic rings. The van der Waals surface area contributed by atoms with E-state index in [1.807, 2.05) is 24.3 Å². The van der Waals surface area contributed by atoms with E-state index in [1.165, 1.54) is 6.07 Å². The van der Waals surface area contributed by atoms with Crippen LogP contribution in [0.1, 0.15) is 11.1 Å². The lowest BCUT2D eigenvalue weighted by Crippen LogP contribution is -2.15. The monoisotopic (exact) mass is 290 g/mol. The highest BCUT2D eigenvalue weighted by atomic mass is 32.1. The summed E-state index contributed by atoms with van der Waals surface area (Å²) < 4.78 is 18.9. The Labute approximate surface area is 122 Å². The van der Waals surface area contributed by atoms with Gasteiger partial charge in [-0.25, -0.2) is 4.39 Å². The second kappa shape index (κ2) is 6.34. The van der Waals surface area contributed by atoms with Crippen molar-refractivity contribution in [1.29, 1.82) is 0 Å². The van der Waals surface area contributed by atoms with Crippen molar-refractivity contribution in [2.75, 3.05) is 12.4 Å². The summed E-state index contributed by atoms with van der Waals surface area (Å²) in [6.07, 6.45) is 0. The van der Waals surface area contributed by atoms with Crippen molar-refractivity contribution in [2.24, 2.45) is 5.73 Å². The Kier molecular flexibility index (Phi) is 4.53. The maximum Gasteiger partial charge on any atom is 0.135 e. The van der Waals surface area contributed by atoms with Crippen LogP contribution in [0.4, 0.5) is 10.1 Å². The zero-order chi connectivity index (χ0) is 14.5. The number of thiocarbonyl (C=S) groups is 1. The minimum Gasteiger partial charge on any atom is -0.497 e. The molecule has 0 aliphatic heterocycles. The first kappa shape index (κ1) is 14.3. The van der Waals surface area contributed by atoms with Crippen LogP contribution in [0.3, 0.4) is 0 Å². The number of anilines is 1. The standard InChI is InChI=1S/C15H15FN2OS/c1-19-11-5-2-4-10(8-11)9-18-13-7-3-6-12(16)14(13)15(17)20/h2-8,18H,9H2,1H3,(H2,17,20). The first-order valence-corrected chi connectivity index (χ1v) is 6.47. The van der Waals surface area contributed by atoms with E-state index in [0.717, 1.165) is 11.3 Å². The van der Waals surface area contributed by atoms with Gasteiger partial charge in [0.05, 0.1) is 12.7 Å². The molecule has 0 heterocycles. The van der Waals surface area contributed by atoms with Crippen molar-refractivity contribution in [3.63, 3.8) is 0 Å². The second-order valence-corrected chi connectivity index (χ2v) is 4.67. The SMILES string of the molecule is COc1cccc(CNc2cccc(F)c2C(N)=S)c1. The normalized spacial score (nSPS) is 10.1. The van der Waals surface area contributed by atoms with Crippen molar-refractivity contribution in [3.8, 4) is 5.75 Å². The van der Waals surface area contributed by atoms with Gasteiger partial charge in [-0.2, -0.15) is 0 Å². The molecular weight excluding hydrogens is 275 g/mol. The van der Waals surface area contributed by atoms with Crippen molar-refractivity contribution in [2.45, 2.75) is 6.54 Å². The number of hydrogen-bond donors (Lipinski definition) is 2. The summed E-state index contributed by atoms with van der Waals surface area (Å²) in [5, 5.41) is 3.14. The van der Waals surface area contributed by atoms with Crippen LogP contribution >= 0.6 is 12.2 Å². The van der Waals surface area contributed by atoms with Crippen molar-refractivity contribution in [3.05, 3.63) is 59.4 Å². The summed E-state index contributed by atoms with van der Waals surface area (Å²) in [4.78, 5) is 0.0382. The molecule has 0 aliphatic carbocycles. The molecule has 0 spiro atoms. The molecule has 0 fully saturated rings. The Morgan fingerprint density at radius 3 is 2.75 bits per heavy atom. The van der Waals surface area contributed by atoms with Gasteiger partial charge in [-0.3, -0.25) is 0 Å². The molecule has 5 heteroatoms. The first-order valence-electron chi connectivity index (χ1n) is 6.07. The minimum atomic E-state index is -0.423. The number of ether oxygens (including phenoxy) is 1. The Morgan fingerprint density at radius 1 is 1.30 bits per heavy atom. The zero-order valence-electron chi connectivity index (χ0n) is 11.0. The van der Waals surface area contributed by atoms with Crippen LogP contribution in [0.15, 0.2) is 42.5 Å². The lowest BCUT2D eigenvalue weighted by atomic mass is 10.1. The third kappa shape index (κ3) is 3.24. The van der Waals surface area contributed by atoms with Crippen LogP contribution < -0.4 is 15.8 Å². The lowest BCUT2D eigenvalue weighted by molar-refractivity contribution is 0.414. The molecule has 2 rings (SSSR count). The predicted octanol–water partition coefficient (Wildman–Crippen LogP) is 3.08. The Balaban J connectivity index is 2.18. The molecule has 0 aromatic heterocycles. The number of halogens is 1. The van der Waals surface area contributed by atoms with Gasteiger partial charge in [0, 0.05) is 12.2 Å². The maximum absolute atomic E-state index is 13.7. The van der Waals surface area contributed by atoms with E-state index in [0.29, 0.717) is 12.2 Å². The average molecular weight is 290 g/mol. The third-order valence-electron chi connectivity index (χ3n) is 2.88. The van der Waals surface area contributed by atoms with Crippen molar-refractivity contribution in [1.82, 2.24) is 0 Å². The Bertz CT molecular complexity index is 631. The molecule has 20 heavy (non-hydrogen) atoms. The summed E-state index contributed by atoms with van der Waals surface area (Å²) in [7, 11) is 1.62. The summed E-state index contributed by atoms with van der Waals surface area (Å²) in [5.41, 5.74) is 7.40. The first-order chi connectivity index (χ1) is 9.61. The van der Waals surface area contributed by atoms with E-state index in [2.05, 4.69) is 5.32 Å². The van der Waals surface area contributed by atoms with Crippen molar-refractivity contribution >= 4 is 22.9 Å². The van der Waals surface area contributed by atoms with Gasteiger partial charge in [-0.1, -0.05) is 30.4 Å². The fourth-order valence-corrected chi connectivity index (χ4v) is 2.11. The summed E-state index contributed by atoms with van der Waals surface area (Å²) >= 11 is 4.89. The number of methoxy groups -OCH3 is 1. The van der Waals surface area contributed by atoms with Gasteiger partial charge >= 0.3 is 0 Å². The molecule has 0 saturated heterocycles. The average Bonchev–Trinajstić information content (AvgIpc) is 2.45. The highest BCUT2D eigenvalue weighted by Gasteiger charge is 2.10. The fraction of sp³-hybridized carbons (Fsp3) is 0.133. The topological polar surface area (TPSA) is 47.3 Å². The van der Waals surface area contributed by atoms with Crippen LogP contribution in [0.25, 0.3) is 0 Å². The van der Waals surface area contributed by atoms with E-state index in [1.54, 1.807) is 19.2 Å². The zero-order valence-corrected chi connectivity index (χ0v) is 11.8. The predicted molar refractivity (Wildman–Crippen MR) is 82.6 cm³/mol. The molecular formula is C15H15FN2OS. The molecule has 0 unspecified atom stereocenters. The van der Waals surface area contributed by atoms with Gasteiger partial charge in [-0.15, -0.1) is 0 Å². The third-order valence-corrected chi connectivity index (χ3v) is 3.08. The Morgan fingerprint density at radius 2 is 2.05 bits per heavy atom. The summed E-state index contributed by atoms with van der Waals surface area (Å²) in [6.45, 7) is 0.524. The number of rotatable bonds is 5. The van der Waals surface area contributed by atoms with E-state index < -0.39 is 5.82 Å². The highest BCUT2D eigenvalue weighted by Crippen LogP contribution is 2.20. The molecule has 3 nitrogen and oxygen atoms in total. The largest absolute Gasteiger partial charge is 0.497 e. The van der Waals surface area contributed by atoms with Crippen LogP contribution in [-0.4, -0.2) is 12.1 Å². The van der Waals surface area contributed by atoms with Crippen LogP contribution in [-0.2, 0) is 6.54 Å². The number of benzene rings is 2. The van der Waals surface area contributed by atoms with Gasteiger partial charge in [0.15, 0.2) is 0 Å². The smallest absolute Gasteiger partial charge is 0.135 e.